The van der Waals surface area contributed by atoms with Crippen LogP contribution in [0.2, 0.25) is 0 Å². The van der Waals surface area contributed by atoms with Crippen molar-refractivity contribution in [1.82, 2.24) is 0 Å². The number of likely N-dealkylation sites (N-methyl/N-ethyl adjacent to an activating group) is 1. The fourth-order valence-corrected chi connectivity index (χ4v) is 1.84. The Balaban J connectivity index is 2.46. The normalized spacial score (nSPS) is 11.9. The summed E-state index contributed by atoms with van der Waals surface area (Å²) in [6.45, 7) is 5.71. The fourth-order valence-electron chi connectivity index (χ4n) is 1.84. The highest BCUT2D eigenvalue weighted by molar-refractivity contribution is 5.94. The minimum atomic E-state index is -0.740. The summed E-state index contributed by atoms with van der Waals surface area (Å²) in [5.41, 5.74) is 0.399. The highest BCUT2D eigenvalue weighted by Gasteiger charge is 2.19. The maximum absolute atomic E-state index is 12.1. The monoisotopic (exact) mass is 352 g/mol. The highest BCUT2D eigenvalue weighted by Crippen LogP contribution is 2.18. The molecule has 0 radical (unpaired) electrons. The van der Waals surface area contributed by atoms with Crippen molar-refractivity contribution >= 4 is 23.3 Å². The topological polar surface area (TPSA) is 99.0 Å². The summed E-state index contributed by atoms with van der Waals surface area (Å²) >= 11 is 0. The van der Waals surface area contributed by atoms with Gasteiger partial charge in [-0.25, -0.2) is 4.79 Å². The third kappa shape index (κ3) is 6.88. The molecule has 0 aliphatic rings. The summed E-state index contributed by atoms with van der Waals surface area (Å²) in [5, 5.41) is 10.6. The van der Waals surface area contributed by atoms with Crippen molar-refractivity contribution in [2.45, 2.75) is 33.3 Å². The molecule has 1 aromatic carbocycles. The number of ether oxygens (including phenoxy) is 2. The van der Waals surface area contributed by atoms with Crippen LogP contribution < -0.4 is 4.90 Å². The molecule has 138 valence electrons. The van der Waals surface area contributed by atoms with E-state index in [1.54, 1.807) is 6.92 Å². The number of non-ortho nitro benzene ring substituents is 1. The molecule has 8 nitrogen and oxygen atoms in total. The molecule has 0 aliphatic heterocycles. The van der Waals surface area contributed by atoms with Crippen LogP contribution in [0.3, 0.4) is 0 Å². The number of nitro benzene ring substituents is 1. The van der Waals surface area contributed by atoms with Gasteiger partial charge in [0.25, 0.3) is 11.6 Å². The van der Waals surface area contributed by atoms with Crippen LogP contribution in [-0.2, 0) is 19.1 Å². The van der Waals surface area contributed by atoms with Gasteiger partial charge in [0.2, 0.25) is 0 Å². The first-order valence-electron chi connectivity index (χ1n) is 8.01. The molecule has 0 aliphatic carbocycles. The maximum atomic E-state index is 12.1. The summed E-state index contributed by atoms with van der Waals surface area (Å²) in [7, 11) is 1.50. The Morgan fingerprint density at radius 1 is 1.20 bits per heavy atom. The number of carbonyl (C=O) groups is 2. The van der Waals surface area contributed by atoms with Crippen molar-refractivity contribution in [3.05, 3.63) is 34.4 Å². The Hall–Kier alpha value is -2.48. The van der Waals surface area contributed by atoms with E-state index in [0.717, 1.165) is 6.42 Å². The third-order valence-electron chi connectivity index (χ3n) is 3.55. The van der Waals surface area contributed by atoms with E-state index in [-0.39, 0.29) is 5.69 Å². The summed E-state index contributed by atoms with van der Waals surface area (Å²) in [6, 6.07) is 5.51. The number of amides is 1. The van der Waals surface area contributed by atoms with Gasteiger partial charge < -0.3 is 14.4 Å². The molecule has 0 saturated carbocycles. The molecule has 0 saturated heterocycles. The molecule has 25 heavy (non-hydrogen) atoms. The van der Waals surface area contributed by atoms with Crippen molar-refractivity contribution in [2.24, 2.45) is 5.92 Å². The Bertz CT molecular complexity index is 600. The number of nitrogens with zero attached hydrogens (tertiary/aromatic N) is 2. The molecular formula is C17H24N2O6. The second kappa shape index (κ2) is 9.73. The molecule has 1 amide bonds. The Kier molecular flexibility index (Phi) is 8.00. The minimum Gasteiger partial charge on any atom is -0.454 e. The molecule has 1 rings (SSSR count). The second-order valence-corrected chi connectivity index (χ2v) is 6.03. The van der Waals surface area contributed by atoms with Crippen molar-refractivity contribution in [3.63, 3.8) is 0 Å². The zero-order valence-electron chi connectivity index (χ0n) is 14.9. The Morgan fingerprint density at radius 3 is 2.32 bits per heavy atom. The van der Waals surface area contributed by atoms with Crippen molar-refractivity contribution in [3.8, 4) is 0 Å². The van der Waals surface area contributed by atoms with Crippen LogP contribution in [0.4, 0.5) is 11.4 Å². The molecular weight excluding hydrogens is 328 g/mol. The molecule has 0 fully saturated rings. The summed E-state index contributed by atoms with van der Waals surface area (Å²) in [4.78, 5) is 35.2. The molecule has 0 aromatic heterocycles. The standard InChI is InChI=1S/C17H24N2O6/c1-12(2)9-10-24-13(3)17(21)25-11-16(20)18(4)14-5-7-15(8-6-14)19(22)23/h5-8,12-13H,9-11H2,1-4H3. The van der Waals surface area contributed by atoms with Gasteiger partial charge in [0.05, 0.1) is 4.92 Å². The van der Waals surface area contributed by atoms with Gasteiger partial charge in [-0.05, 0) is 31.4 Å². The third-order valence-corrected chi connectivity index (χ3v) is 3.55. The number of hydrogen-bond donors (Lipinski definition) is 0. The zero-order chi connectivity index (χ0) is 19.0. The molecule has 0 bridgehead atoms. The molecule has 0 spiro atoms. The van der Waals surface area contributed by atoms with Crippen LogP contribution in [0.5, 0.6) is 0 Å². The Labute approximate surface area is 146 Å². The first-order valence-corrected chi connectivity index (χ1v) is 8.01. The fraction of sp³-hybridized carbons (Fsp3) is 0.529. The van der Waals surface area contributed by atoms with Gasteiger partial charge in [-0.3, -0.25) is 14.9 Å². The number of benzene rings is 1. The van der Waals surface area contributed by atoms with Gasteiger partial charge in [0, 0.05) is 31.5 Å². The van der Waals surface area contributed by atoms with E-state index in [9.17, 15) is 19.7 Å². The molecule has 1 atom stereocenters. The first kappa shape index (κ1) is 20.6. The average molecular weight is 352 g/mol. The molecule has 0 heterocycles. The predicted molar refractivity (Wildman–Crippen MR) is 92.3 cm³/mol. The van der Waals surface area contributed by atoms with Crippen molar-refractivity contribution in [2.75, 3.05) is 25.2 Å². The number of hydrogen-bond acceptors (Lipinski definition) is 6. The summed E-state index contributed by atoms with van der Waals surface area (Å²) in [6.07, 6.45) is 0.0932. The average Bonchev–Trinajstić information content (AvgIpc) is 2.58. The quantitative estimate of drug-likeness (QED) is 0.385. The largest absolute Gasteiger partial charge is 0.454 e. The zero-order valence-corrected chi connectivity index (χ0v) is 14.9. The maximum Gasteiger partial charge on any atom is 0.335 e. The molecule has 1 aromatic rings. The first-order chi connectivity index (χ1) is 11.7. The molecule has 0 N–H and O–H groups in total. The number of anilines is 1. The lowest BCUT2D eigenvalue weighted by molar-refractivity contribution is -0.384. The molecule has 1 unspecified atom stereocenters. The number of nitro groups is 1. The summed E-state index contributed by atoms with van der Waals surface area (Å²) < 4.78 is 10.3. The van der Waals surface area contributed by atoms with E-state index in [1.807, 2.05) is 0 Å². The number of carbonyl (C=O) groups excluding carboxylic acids is 2. The van der Waals surface area contributed by atoms with E-state index >= 15 is 0 Å². The van der Waals surface area contributed by atoms with E-state index in [1.165, 1.54) is 36.2 Å². The van der Waals surface area contributed by atoms with E-state index in [4.69, 9.17) is 9.47 Å². The molecule has 8 heteroatoms. The Morgan fingerprint density at radius 2 is 1.80 bits per heavy atom. The van der Waals surface area contributed by atoms with Crippen LogP contribution >= 0.6 is 0 Å². The number of rotatable bonds is 9. The van der Waals surface area contributed by atoms with E-state index < -0.39 is 29.5 Å². The van der Waals surface area contributed by atoms with Crippen LogP contribution in [0.25, 0.3) is 0 Å². The second-order valence-electron chi connectivity index (χ2n) is 6.03. The van der Waals surface area contributed by atoms with Gasteiger partial charge in [-0.2, -0.15) is 0 Å². The van der Waals surface area contributed by atoms with Gasteiger partial charge in [-0.15, -0.1) is 0 Å². The van der Waals surface area contributed by atoms with Crippen LogP contribution in [-0.4, -0.2) is 43.2 Å². The highest BCUT2D eigenvalue weighted by atomic mass is 16.6. The van der Waals surface area contributed by atoms with Gasteiger partial charge in [-0.1, -0.05) is 13.8 Å². The van der Waals surface area contributed by atoms with Crippen LogP contribution in [0.1, 0.15) is 27.2 Å². The van der Waals surface area contributed by atoms with Crippen molar-refractivity contribution in [1.29, 1.82) is 0 Å². The lowest BCUT2D eigenvalue weighted by Crippen LogP contribution is -2.33. The van der Waals surface area contributed by atoms with Gasteiger partial charge in [0.1, 0.15) is 0 Å². The lowest BCUT2D eigenvalue weighted by Gasteiger charge is -2.18. The van der Waals surface area contributed by atoms with Gasteiger partial charge in [0.15, 0.2) is 12.7 Å². The van der Waals surface area contributed by atoms with E-state index in [2.05, 4.69) is 13.8 Å². The lowest BCUT2D eigenvalue weighted by atomic mass is 10.1. The summed E-state index contributed by atoms with van der Waals surface area (Å²) in [5.74, 6) is -0.578. The van der Waals surface area contributed by atoms with E-state index in [0.29, 0.717) is 18.2 Å². The smallest absolute Gasteiger partial charge is 0.335 e. The van der Waals surface area contributed by atoms with Crippen LogP contribution in [0.15, 0.2) is 24.3 Å². The minimum absolute atomic E-state index is 0.0663. The van der Waals surface area contributed by atoms with Crippen LogP contribution in [0, 0.1) is 16.0 Å². The van der Waals surface area contributed by atoms with Crippen molar-refractivity contribution < 1.29 is 24.0 Å². The van der Waals surface area contributed by atoms with Gasteiger partial charge >= 0.3 is 5.97 Å². The predicted octanol–water partition coefficient (Wildman–Crippen LogP) is 2.55. The number of esters is 1. The SMILES string of the molecule is CC(C)CCOC(C)C(=O)OCC(=O)N(C)c1ccc([N+](=O)[O-])cc1.